The van der Waals surface area contributed by atoms with Gasteiger partial charge in [-0.1, -0.05) is 48.0 Å². The highest BCUT2D eigenvalue weighted by Gasteiger charge is 2.48. The second kappa shape index (κ2) is 8.59. The Morgan fingerprint density at radius 1 is 0.906 bits per heavy atom. The number of nitrogens with zero attached hydrogens (tertiary/aromatic N) is 1. The second-order valence-electron chi connectivity index (χ2n) is 7.48. The molecule has 3 aromatic carbocycles. The van der Waals surface area contributed by atoms with Gasteiger partial charge in [0.15, 0.2) is 0 Å². The van der Waals surface area contributed by atoms with Crippen molar-refractivity contribution in [1.29, 1.82) is 0 Å². The zero-order chi connectivity index (χ0) is 22.8. The van der Waals surface area contributed by atoms with Crippen LogP contribution in [0.2, 0.25) is 0 Å². The molecule has 32 heavy (non-hydrogen) atoms. The Kier molecular flexibility index (Phi) is 5.69. The van der Waals surface area contributed by atoms with Crippen molar-refractivity contribution >= 4 is 23.1 Å². The molecule has 3 aromatic rings. The van der Waals surface area contributed by atoms with E-state index in [1.165, 1.54) is 12.0 Å². The average Bonchev–Trinajstić information content (AvgIpc) is 3.09. The number of aliphatic hydroxyl groups excluding tert-OH is 1. The van der Waals surface area contributed by atoms with Crippen molar-refractivity contribution in [3.05, 3.63) is 95.1 Å². The summed E-state index contributed by atoms with van der Waals surface area (Å²) in [6.45, 7) is 1.94. The number of aliphatic hydroxyl groups is 1. The molecule has 1 amide bonds. The normalized spacial score (nSPS) is 17.5. The van der Waals surface area contributed by atoms with E-state index in [4.69, 9.17) is 9.47 Å². The molecule has 1 aliphatic rings. The Bertz CT molecular complexity index is 1200. The third-order valence-electron chi connectivity index (χ3n) is 5.54. The Morgan fingerprint density at radius 2 is 1.59 bits per heavy atom. The number of ketones is 1. The van der Waals surface area contributed by atoms with E-state index < -0.39 is 17.7 Å². The van der Waals surface area contributed by atoms with Gasteiger partial charge in [-0.05, 0) is 31.2 Å². The van der Waals surface area contributed by atoms with Crippen LogP contribution in [-0.4, -0.2) is 31.0 Å². The van der Waals surface area contributed by atoms with Crippen molar-refractivity contribution < 1.29 is 24.2 Å². The van der Waals surface area contributed by atoms with Crippen LogP contribution in [0.15, 0.2) is 78.4 Å². The molecule has 1 N–H and O–H groups in total. The van der Waals surface area contributed by atoms with Crippen LogP contribution in [-0.2, 0) is 9.59 Å². The van der Waals surface area contributed by atoms with E-state index >= 15 is 0 Å². The van der Waals surface area contributed by atoms with Crippen LogP contribution < -0.4 is 14.4 Å². The van der Waals surface area contributed by atoms with Crippen molar-refractivity contribution in [2.24, 2.45) is 0 Å². The smallest absolute Gasteiger partial charge is 0.300 e. The monoisotopic (exact) mass is 429 g/mol. The third kappa shape index (κ3) is 3.60. The Hall–Kier alpha value is -4.06. The highest BCUT2D eigenvalue weighted by Crippen LogP contribution is 2.45. The van der Waals surface area contributed by atoms with Gasteiger partial charge in [-0.2, -0.15) is 0 Å². The highest BCUT2D eigenvalue weighted by molar-refractivity contribution is 6.51. The molecule has 6 heteroatoms. The molecular formula is C26H23NO5. The van der Waals surface area contributed by atoms with Gasteiger partial charge < -0.3 is 14.6 Å². The van der Waals surface area contributed by atoms with E-state index in [0.29, 0.717) is 28.3 Å². The summed E-state index contributed by atoms with van der Waals surface area (Å²) in [6, 6.07) is 20.3. The molecule has 0 radical (unpaired) electrons. The van der Waals surface area contributed by atoms with Gasteiger partial charge in [0.25, 0.3) is 11.7 Å². The van der Waals surface area contributed by atoms with Gasteiger partial charge in [0, 0.05) is 22.9 Å². The molecule has 0 aliphatic carbocycles. The largest absolute Gasteiger partial charge is 0.507 e. The van der Waals surface area contributed by atoms with Crippen molar-refractivity contribution in [3.8, 4) is 11.5 Å². The lowest BCUT2D eigenvalue weighted by molar-refractivity contribution is -0.132. The number of Topliss-reactive ketones (excluding diaryl/α,β-unsaturated/α-hetero) is 1. The maximum Gasteiger partial charge on any atom is 0.300 e. The Morgan fingerprint density at radius 3 is 2.22 bits per heavy atom. The number of hydrogen-bond donors (Lipinski definition) is 1. The van der Waals surface area contributed by atoms with Crippen LogP contribution in [0, 0.1) is 6.92 Å². The summed E-state index contributed by atoms with van der Waals surface area (Å²) in [5.74, 6) is -0.696. The maximum absolute atomic E-state index is 13.2. The first-order valence-electron chi connectivity index (χ1n) is 10.1. The summed E-state index contributed by atoms with van der Waals surface area (Å²) in [6.07, 6.45) is 0. The van der Waals surface area contributed by atoms with E-state index in [0.717, 1.165) is 5.56 Å². The predicted octanol–water partition coefficient (Wildman–Crippen LogP) is 4.64. The van der Waals surface area contributed by atoms with Crippen LogP contribution >= 0.6 is 0 Å². The van der Waals surface area contributed by atoms with Crippen LogP contribution in [0.1, 0.15) is 22.7 Å². The zero-order valence-corrected chi connectivity index (χ0v) is 18.0. The van der Waals surface area contributed by atoms with Gasteiger partial charge in [-0.15, -0.1) is 0 Å². The number of benzene rings is 3. The van der Waals surface area contributed by atoms with Crippen molar-refractivity contribution in [2.75, 3.05) is 19.1 Å². The van der Waals surface area contributed by atoms with Gasteiger partial charge in [0.1, 0.15) is 17.3 Å². The Labute approximate surface area is 186 Å². The number of carbonyl (C=O) groups is 2. The van der Waals surface area contributed by atoms with Crippen molar-refractivity contribution in [3.63, 3.8) is 0 Å². The molecule has 1 aliphatic heterocycles. The lowest BCUT2D eigenvalue weighted by atomic mass is 9.94. The fourth-order valence-electron chi connectivity index (χ4n) is 3.89. The number of aryl methyl sites for hydroxylation is 1. The standard InChI is InChI=1S/C26H23NO5/c1-16-9-11-18(12-10-16)27-23(20-14-13-19(31-2)15-21(20)32-3)22(25(29)26(27)30)24(28)17-7-5-4-6-8-17/h4-15,23,28H,1-3H3/b24-22-. The van der Waals surface area contributed by atoms with Gasteiger partial charge in [0.05, 0.1) is 25.8 Å². The summed E-state index contributed by atoms with van der Waals surface area (Å²) in [5, 5.41) is 11.1. The van der Waals surface area contributed by atoms with E-state index in [9.17, 15) is 14.7 Å². The van der Waals surface area contributed by atoms with Gasteiger partial charge in [-0.3, -0.25) is 14.5 Å². The van der Waals surface area contributed by atoms with Crippen LogP contribution in [0.3, 0.4) is 0 Å². The molecule has 6 nitrogen and oxygen atoms in total. The molecule has 162 valence electrons. The van der Waals surface area contributed by atoms with Crippen LogP contribution in [0.5, 0.6) is 11.5 Å². The summed E-state index contributed by atoms with van der Waals surface area (Å²) >= 11 is 0. The molecule has 0 aromatic heterocycles. The molecule has 0 bridgehead atoms. The van der Waals surface area contributed by atoms with Crippen LogP contribution in [0.4, 0.5) is 5.69 Å². The molecule has 0 saturated carbocycles. The third-order valence-corrected chi connectivity index (χ3v) is 5.54. The summed E-state index contributed by atoms with van der Waals surface area (Å²) in [5.41, 5.74) is 2.59. The first-order valence-corrected chi connectivity index (χ1v) is 10.1. The first kappa shape index (κ1) is 21.2. The van der Waals surface area contributed by atoms with Gasteiger partial charge in [0.2, 0.25) is 0 Å². The molecule has 1 unspecified atom stereocenters. The minimum absolute atomic E-state index is 0.00485. The number of carbonyl (C=O) groups excluding carboxylic acids is 2. The second-order valence-corrected chi connectivity index (χ2v) is 7.48. The minimum atomic E-state index is -0.876. The first-order chi connectivity index (χ1) is 15.5. The average molecular weight is 429 g/mol. The van der Waals surface area contributed by atoms with Crippen LogP contribution in [0.25, 0.3) is 5.76 Å². The number of ether oxygens (including phenoxy) is 2. The molecule has 1 atom stereocenters. The quantitative estimate of drug-likeness (QED) is 0.363. The van der Waals surface area contributed by atoms with E-state index in [1.807, 2.05) is 25.1 Å². The fourth-order valence-corrected chi connectivity index (χ4v) is 3.89. The molecular weight excluding hydrogens is 406 g/mol. The lowest BCUT2D eigenvalue weighted by Gasteiger charge is -2.27. The van der Waals surface area contributed by atoms with Gasteiger partial charge in [-0.25, -0.2) is 0 Å². The molecule has 1 saturated heterocycles. The number of amides is 1. The minimum Gasteiger partial charge on any atom is -0.507 e. The Balaban J connectivity index is 1.99. The molecule has 1 heterocycles. The van der Waals surface area contributed by atoms with Gasteiger partial charge >= 0.3 is 0 Å². The number of hydrogen-bond acceptors (Lipinski definition) is 5. The summed E-state index contributed by atoms with van der Waals surface area (Å²) in [7, 11) is 3.05. The number of anilines is 1. The fraction of sp³-hybridized carbons (Fsp3) is 0.154. The molecule has 4 rings (SSSR count). The topological polar surface area (TPSA) is 76.1 Å². The lowest BCUT2D eigenvalue weighted by Crippen LogP contribution is -2.29. The van der Waals surface area contributed by atoms with E-state index in [2.05, 4.69) is 0 Å². The van der Waals surface area contributed by atoms with Crippen molar-refractivity contribution in [1.82, 2.24) is 0 Å². The van der Waals surface area contributed by atoms with E-state index in [-0.39, 0.29) is 11.3 Å². The summed E-state index contributed by atoms with van der Waals surface area (Å²) in [4.78, 5) is 27.8. The predicted molar refractivity (Wildman–Crippen MR) is 122 cm³/mol. The number of rotatable bonds is 5. The highest BCUT2D eigenvalue weighted by atomic mass is 16.5. The van der Waals surface area contributed by atoms with E-state index in [1.54, 1.807) is 61.7 Å². The maximum atomic E-state index is 13.2. The molecule has 0 spiro atoms. The molecule has 1 fully saturated rings. The summed E-state index contributed by atoms with van der Waals surface area (Å²) < 4.78 is 10.9. The number of methoxy groups -OCH3 is 2. The SMILES string of the molecule is COc1ccc(C2/C(=C(/O)c3ccccc3)C(=O)C(=O)N2c2ccc(C)cc2)c(OC)c1. The zero-order valence-electron chi connectivity index (χ0n) is 18.0. The van der Waals surface area contributed by atoms with Crippen molar-refractivity contribution in [2.45, 2.75) is 13.0 Å².